The second-order valence-electron chi connectivity index (χ2n) is 7.69. The maximum absolute atomic E-state index is 10.3. The van der Waals surface area contributed by atoms with E-state index in [1.165, 1.54) is 0 Å². The maximum atomic E-state index is 10.3. The molecule has 0 aromatic heterocycles. The lowest BCUT2D eigenvalue weighted by atomic mass is 10.1. The fraction of sp³-hybridized carbons (Fsp3) is 0.520. The van der Waals surface area contributed by atoms with E-state index < -0.39 is 6.10 Å². The lowest BCUT2D eigenvalue weighted by molar-refractivity contribution is 0.0135. The number of methoxy groups -OCH3 is 2. The van der Waals surface area contributed by atoms with Crippen LogP contribution in [0.25, 0.3) is 0 Å². The van der Waals surface area contributed by atoms with Gasteiger partial charge in [-0.3, -0.25) is 0 Å². The molecule has 2 rings (SSSR count). The van der Waals surface area contributed by atoms with Crippen LogP contribution in [0.2, 0.25) is 0 Å². The van der Waals surface area contributed by atoms with Gasteiger partial charge in [0.1, 0.15) is 18.5 Å². The van der Waals surface area contributed by atoms with Crippen LogP contribution >= 0.6 is 0 Å². The van der Waals surface area contributed by atoms with Crippen LogP contribution in [0.4, 0.5) is 0 Å². The van der Waals surface area contributed by atoms with Crippen molar-refractivity contribution in [1.82, 2.24) is 5.32 Å². The molecular formula is C25H37NO6. The highest BCUT2D eigenvalue weighted by Gasteiger charge is 2.09. The number of ether oxygens (including phenoxy) is 5. The number of nitrogens with one attached hydrogen (secondary N) is 1. The zero-order valence-electron chi connectivity index (χ0n) is 19.6. The van der Waals surface area contributed by atoms with E-state index in [9.17, 15) is 5.11 Å². The Morgan fingerprint density at radius 3 is 2.47 bits per heavy atom. The molecule has 0 fully saturated rings. The largest absolute Gasteiger partial charge is 0.493 e. The average molecular weight is 448 g/mol. The van der Waals surface area contributed by atoms with Crippen LogP contribution in [0.15, 0.2) is 42.5 Å². The Hall–Kier alpha value is -2.32. The van der Waals surface area contributed by atoms with Gasteiger partial charge in [0.2, 0.25) is 0 Å². The Balaban J connectivity index is 1.68. The van der Waals surface area contributed by atoms with Crippen LogP contribution in [-0.2, 0) is 22.5 Å². The number of benzene rings is 2. The Kier molecular flexibility index (Phi) is 11.9. The third kappa shape index (κ3) is 9.44. The van der Waals surface area contributed by atoms with Gasteiger partial charge in [0, 0.05) is 12.1 Å². The molecule has 2 aromatic rings. The van der Waals surface area contributed by atoms with Crippen LogP contribution in [-0.4, -0.2) is 64.4 Å². The van der Waals surface area contributed by atoms with E-state index in [1.54, 1.807) is 14.2 Å². The summed E-state index contributed by atoms with van der Waals surface area (Å²) in [4.78, 5) is 0. The maximum Gasteiger partial charge on any atom is 0.160 e. The molecular weight excluding hydrogens is 410 g/mol. The smallest absolute Gasteiger partial charge is 0.160 e. The van der Waals surface area contributed by atoms with Crippen molar-refractivity contribution in [1.29, 1.82) is 0 Å². The molecule has 0 aliphatic rings. The van der Waals surface area contributed by atoms with E-state index in [1.807, 2.05) is 56.3 Å². The molecule has 0 heterocycles. The first-order valence-corrected chi connectivity index (χ1v) is 11.0. The van der Waals surface area contributed by atoms with Gasteiger partial charge in [0.05, 0.1) is 40.1 Å². The van der Waals surface area contributed by atoms with Gasteiger partial charge in [-0.2, -0.15) is 0 Å². The number of hydrogen-bond acceptors (Lipinski definition) is 7. The molecule has 2 aromatic carbocycles. The lowest BCUT2D eigenvalue weighted by Gasteiger charge is -2.16. The normalized spacial score (nSPS) is 12.1. The highest BCUT2D eigenvalue weighted by molar-refractivity contribution is 5.43. The number of para-hydroxylation sites is 1. The van der Waals surface area contributed by atoms with Gasteiger partial charge in [-0.05, 0) is 50.6 Å². The van der Waals surface area contributed by atoms with Gasteiger partial charge in [0.25, 0.3) is 0 Å². The Labute approximate surface area is 191 Å². The van der Waals surface area contributed by atoms with Gasteiger partial charge < -0.3 is 34.1 Å². The van der Waals surface area contributed by atoms with Crippen LogP contribution in [0.1, 0.15) is 25.0 Å². The number of aliphatic hydroxyl groups is 1. The fourth-order valence-electron chi connectivity index (χ4n) is 3.07. The zero-order valence-corrected chi connectivity index (χ0v) is 19.6. The van der Waals surface area contributed by atoms with Crippen LogP contribution in [0, 0.1) is 0 Å². The Morgan fingerprint density at radius 2 is 1.72 bits per heavy atom. The highest BCUT2D eigenvalue weighted by atomic mass is 16.5. The summed E-state index contributed by atoms with van der Waals surface area (Å²) in [6, 6.07) is 13.6. The van der Waals surface area contributed by atoms with Gasteiger partial charge in [0.15, 0.2) is 11.5 Å². The van der Waals surface area contributed by atoms with E-state index >= 15 is 0 Å². The Bertz CT molecular complexity index is 783. The summed E-state index contributed by atoms with van der Waals surface area (Å²) >= 11 is 0. The van der Waals surface area contributed by atoms with Crippen LogP contribution in [0.3, 0.4) is 0 Å². The van der Waals surface area contributed by atoms with Gasteiger partial charge >= 0.3 is 0 Å². The van der Waals surface area contributed by atoms with Gasteiger partial charge in [-0.25, -0.2) is 0 Å². The minimum Gasteiger partial charge on any atom is -0.493 e. The van der Waals surface area contributed by atoms with Crippen molar-refractivity contribution in [3.63, 3.8) is 0 Å². The topological polar surface area (TPSA) is 78.4 Å². The third-order valence-corrected chi connectivity index (χ3v) is 4.76. The van der Waals surface area contributed by atoms with Crippen molar-refractivity contribution >= 4 is 0 Å². The molecule has 0 spiro atoms. The SMILES string of the molecule is COc1ccc(CCNCC(O)COc2ccccc2COCCOC(C)C)cc1OC. The molecule has 0 bridgehead atoms. The molecule has 1 unspecified atom stereocenters. The zero-order chi connectivity index (χ0) is 23.2. The number of hydrogen-bond donors (Lipinski definition) is 2. The summed E-state index contributed by atoms with van der Waals surface area (Å²) < 4.78 is 27.6. The molecule has 32 heavy (non-hydrogen) atoms. The van der Waals surface area contributed by atoms with Crippen LogP contribution < -0.4 is 19.5 Å². The first-order chi connectivity index (χ1) is 15.5. The van der Waals surface area contributed by atoms with Crippen molar-refractivity contribution in [3.8, 4) is 17.2 Å². The first kappa shape index (κ1) is 25.9. The van der Waals surface area contributed by atoms with E-state index in [0.717, 1.165) is 29.8 Å². The molecule has 0 saturated carbocycles. The molecule has 7 heteroatoms. The molecule has 7 nitrogen and oxygen atoms in total. The second-order valence-corrected chi connectivity index (χ2v) is 7.69. The van der Waals surface area contributed by atoms with Crippen molar-refractivity contribution in [3.05, 3.63) is 53.6 Å². The summed E-state index contributed by atoms with van der Waals surface area (Å²) in [6.45, 7) is 6.91. The molecule has 0 radical (unpaired) electrons. The van der Waals surface area contributed by atoms with Crippen LogP contribution in [0.5, 0.6) is 17.2 Å². The highest BCUT2D eigenvalue weighted by Crippen LogP contribution is 2.27. The number of aliphatic hydroxyl groups excluding tert-OH is 1. The predicted molar refractivity (Wildman–Crippen MR) is 125 cm³/mol. The summed E-state index contributed by atoms with van der Waals surface area (Å²) in [6.07, 6.45) is 0.395. The molecule has 0 aliphatic heterocycles. The summed E-state index contributed by atoms with van der Waals surface area (Å²) in [5.41, 5.74) is 2.08. The van der Waals surface area contributed by atoms with Gasteiger partial charge in [-0.1, -0.05) is 24.3 Å². The molecule has 178 valence electrons. The van der Waals surface area contributed by atoms with Crippen molar-refractivity contribution < 1.29 is 28.8 Å². The monoisotopic (exact) mass is 447 g/mol. The molecule has 2 N–H and O–H groups in total. The first-order valence-electron chi connectivity index (χ1n) is 11.0. The van der Waals surface area contributed by atoms with E-state index in [2.05, 4.69) is 5.32 Å². The second kappa shape index (κ2) is 14.7. The average Bonchev–Trinajstić information content (AvgIpc) is 2.80. The van der Waals surface area contributed by atoms with Crippen molar-refractivity contribution in [2.75, 3.05) is 47.1 Å². The van der Waals surface area contributed by atoms with Crippen molar-refractivity contribution in [2.45, 2.75) is 39.1 Å². The molecule has 1 atom stereocenters. The third-order valence-electron chi connectivity index (χ3n) is 4.76. The molecule has 0 saturated heterocycles. The fourth-order valence-corrected chi connectivity index (χ4v) is 3.07. The minimum atomic E-state index is -0.617. The predicted octanol–water partition coefficient (Wildman–Crippen LogP) is 3.22. The lowest BCUT2D eigenvalue weighted by Crippen LogP contribution is -2.32. The van der Waals surface area contributed by atoms with E-state index in [-0.39, 0.29) is 12.7 Å². The van der Waals surface area contributed by atoms with E-state index in [4.69, 9.17) is 23.7 Å². The number of rotatable bonds is 16. The van der Waals surface area contributed by atoms with Crippen molar-refractivity contribution in [2.24, 2.45) is 0 Å². The Morgan fingerprint density at radius 1 is 0.938 bits per heavy atom. The minimum absolute atomic E-state index is 0.198. The van der Waals surface area contributed by atoms with E-state index in [0.29, 0.717) is 37.9 Å². The summed E-state index contributed by atoms with van der Waals surface area (Å²) in [5.74, 6) is 2.15. The molecule has 0 aliphatic carbocycles. The molecule has 0 amide bonds. The summed E-state index contributed by atoms with van der Waals surface area (Å²) in [5, 5.41) is 13.5. The quantitative estimate of drug-likeness (QED) is 0.383. The summed E-state index contributed by atoms with van der Waals surface area (Å²) in [7, 11) is 3.25. The standard InChI is InChI=1S/C25H37NO6/c1-19(2)31-14-13-30-17-21-7-5-6-8-23(21)32-18-22(27)16-26-12-11-20-9-10-24(28-3)25(15-20)29-4/h5-10,15,19,22,26-27H,11-14,16-18H2,1-4H3. The van der Waals surface area contributed by atoms with Gasteiger partial charge in [-0.15, -0.1) is 0 Å².